The lowest BCUT2D eigenvalue weighted by molar-refractivity contribution is 0.0955. The number of carbonyl (C=O) groups excluding carboxylic acids is 1. The van der Waals surface area contributed by atoms with Crippen LogP contribution in [0.25, 0.3) is 10.1 Å². The fraction of sp³-hybridized carbons (Fsp3) is 0.211. The molecular weight excluding hydrogens is 359 g/mol. The summed E-state index contributed by atoms with van der Waals surface area (Å²) in [5, 5.41) is 3.95. The Balaban J connectivity index is 1.69. The van der Waals surface area contributed by atoms with Gasteiger partial charge in [-0.1, -0.05) is 35.9 Å². The highest BCUT2D eigenvalue weighted by molar-refractivity contribution is 7.21. The van der Waals surface area contributed by atoms with Gasteiger partial charge in [0.2, 0.25) is 0 Å². The molecule has 130 valence electrons. The van der Waals surface area contributed by atoms with Gasteiger partial charge in [0.15, 0.2) is 0 Å². The SMILES string of the molecule is CN(C)Cc1ccc(CNC(=O)c2sc3cc(F)ccc3c2Cl)cc1. The van der Waals surface area contributed by atoms with E-state index in [0.29, 0.717) is 26.5 Å². The highest BCUT2D eigenvalue weighted by Gasteiger charge is 2.17. The van der Waals surface area contributed by atoms with Crippen LogP contribution in [0, 0.1) is 5.82 Å². The van der Waals surface area contributed by atoms with Crippen molar-refractivity contribution in [3.8, 4) is 0 Å². The van der Waals surface area contributed by atoms with Crippen molar-refractivity contribution in [1.29, 1.82) is 0 Å². The van der Waals surface area contributed by atoms with Crippen LogP contribution in [0.5, 0.6) is 0 Å². The van der Waals surface area contributed by atoms with Crippen molar-refractivity contribution in [2.45, 2.75) is 13.1 Å². The minimum atomic E-state index is -0.338. The Morgan fingerprint density at radius 3 is 2.52 bits per heavy atom. The lowest BCUT2D eigenvalue weighted by Gasteiger charge is -2.10. The number of nitrogens with one attached hydrogen (secondary N) is 1. The molecule has 0 spiro atoms. The summed E-state index contributed by atoms with van der Waals surface area (Å²) < 4.78 is 14.0. The molecule has 0 saturated carbocycles. The summed E-state index contributed by atoms with van der Waals surface area (Å²) in [4.78, 5) is 14.9. The third kappa shape index (κ3) is 4.18. The molecule has 0 aliphatic rings. The molecule has 0 bridgehead atoms. The standard InChI is InChI=1S/C19H18ClFN2OS/c1-23(2)11-13-5-3-12(4-6-13)10-22-19(24)18-17(20)15-8-7-14(21)9-16(15)25-18/h3-9H,10-11H2,1-2H3,(H,22,24). The predicted molar refractivity (Wildman–Crippen MR) is 102 cm³/mol. The second-order valence-electron chi connectivity index (χ2n) is 6.12. The average Bonchev–Trinajstić information content (AvgIpc) is 2.89. The summed E-state index contributed by atoms with van der Waals surface area (Å²) in [7, 11) is 4.05. The van der Waals surface area contributed by atoms with Gasteiger partial charge in [0.25, 0.3) is 5.91 Å². The van der Waals surface area contributed by atoms with Gasteiger partial charge >= 0.3 is 0 Å². The number of carbonyl (C=O) groups is 1. The zero-order valence-corrected chi connectivity index (χ0v) is 15.5. The third-order valence-corrected chi connectivity index (χ3v) is 5.43. The zero-order chi connectivity index (χ0) is 18.0. The number of nitrogens with zero attached hydrogens (tertiary/aromatic N) is 1. The highest BCUT2D eigenvalue weighted by atomic mass is 35.5. The Morgan fingerprint density at radius 1 is 1.16 bits per heavy atom. The molecule has 3 rings (SSSR count). The molecule has 0 saturated heterocycles. The van der Waals surface area contributed by atoms with E-state index in [1.165, 1.54) is 29.0 Å². The van der Waals surface area contributed by atoms with Gasteiger partial charge in [0.1, 0.15) is 10.7 Å². The average molecular weight is 377 g/mol. The molecule has 3 nitrogen and oxygen atoms in total. The fourth-order valence-electron chi connectivity index (χ4n) is 2.58. The molecule has 0 unspecified atom stereocenters. The van der Waals surface area contributed by atoms with Gasteiger partial charge in [-0.05, 0) is 43.4 Å². The van der Waals surface area contributed by atoms with E-state index in [0.717, 1.165) is 12.1 Å². The molecule has 1 amide bonds. The lowest BCUT2D eigenvalue weighted by Crippen LogP contribution is -2.22. The summed E-state index contributed by atoms with van der Waals surface area (Å²) in [6, 6.07) is 12.4. The first-order valence-corrected chi connectivity index (χ1v) is 9.02. The van der Waals surface area contributed by atoms with Gasteiger partial charge in [-0.25, -0.2) is 4.39 Å². The molecule has 1 heterocycles. The maximum atomic E-state index is 13.3. The highest BCUT2D eigenvalue weighted by Crippen LogP contribution is 2.35. The van der Waals surface area contributed by atoms with Crippen LogP contribution in [0.3, 0.4) is 0 Å². The molecule has 0 aliphatic carbocycles. The van der Waals surface area contributed by atoms with E-state index in [4.69, 9.17) is 11.6 Å². The molecule has 6 heteroatoms. The van der Waals surface area contributed by atoms with Crippen LogP contribution in [-0.4, -0.2) is 24.9 Å². The molecular formula is C19H18ClFN2OS. The van der Waals surface area contributed by atoms with Gasteiger partial charge in [-0.2, -0.15) is 0 Å². The predicted octanol–water partition coefficient (Wildman–Crippen LogP) is 4.69. The first-order chi connectivity index (χ1) is 11.9. The number of rotatable bonds is 5. The zero-order valence-electron chi connectivity index (χ0n) is 14.0. The Morgan fingerprint density at radius 2 is 1.84 bits per heavy atom. The number of amides is 1. The van der Waals surface area contributed by atoms with Crippen LogP contribution in [0.4, 0.5) is 4.39 Å². The Labute approximate surface area is 155 Å². The molecule has 0 radical (unpaired) electrons. The largest absolute Gasteiger partial charge is 0.347 e. The van der Waals surface area contributed by atoms with Gasteiger partial charge < -0.3 is 10.2 Å². The monoisotopic (exact) mass is 376 g/mol. The number of benzene rings is 2. The third-order valence-electron chi connectivity index (χ3n) is 3.77. The van der Waals surface area contributed by atoms with Crippen LogP contribution in [-0.2, 0) is 13.1 Å². The normalized spacial score (nSPS) is 11.2. The van der Waals surface area contributed by atoms with E-state index in [9.17, 15) is 9.18 Å². The van der Waals surface area contributed by atoms with Crippen molar-refractivity contribution < 1.29 is 9.18 Å². The minimum absolute atomic E-state index is 0.246. The van der Waals surface area contributed by atoms with Crippen LogP contribution >= 0.6 is 22.9 Å². The molecule has 0 fully saturated rings. The maximum Gasteiger partial charge on any atom is 0.263 e. The first kappa shape index (κ1) is 17.9. The summed E-state index contributed by atoms with van der Waals surface area (Å²) in [5.41, 5.74) is 2.23. The van der Waals surface area contributed by atoms with Crippen LogP contribution in [0.15, 0.2) is 42.5 Å². The van der Waals surface area contributed by atoms with Crippen molar-refractivity contribution >= 4 is 38.9 Å². The smallest absolute Gasteiger partial charge is 0.263 e. The summed E-state index contributed by atoms with van der Waals surface area (Å²) in [6.07, 6.45) is 0. The molecule has 0 atom stereocenters. The van der Waals surface area contributed by atoms with Crippen molar-refractivity contribution in [3.05, 3.63) is 69.3 Å². The number of halogens is 2. The van der Waals surface area contributed by atoms with E-state index in [-0.39, 0.29) is 11.7 Å². The van der Waals surface area contributed by atoms with Crippen LogP contribution in [0.1, 0.15) is 20.8 Å². The molecule has 2 aromatic carbocycles. The summed E-state index contributed by atoms with van der Waals surface area (Å²) in [6.45, 7) is 1.29. The summed E-state index contributed by atoms with van der Waals surface area (Å²) in [5.74, 6) is -0.584. The number of thiophene rings is 1. The van der Waals surface area contributed by atoms with Crippen LogP contribution in [0.2, 0.25) is 5.02 Å². The van der Waals surface area contributed by atoms with Crippen molar-refractivity contribution in [2.75, 3.05) is 14.1 Å². The second kappa shape index (κ2) is 7.52. The van der Waals surface area contributed by atoms with E-state index in [1.54, 1.807) is 6.07 Å². The number of hydrogen-bond donors (Lipinski definition) is 1. The molecule has 25 heavy (non-hydrogen) atoms. The summed E-state index contributed by atoms with van der Waals surface area (Å²) >= 11 is 7.48. The van der Waals surface area contributed by atoms with Crippen molar-refractivity contribution in [3.63, 3.8) is 0 Å². The van der Waals surface area contributed by atoms with Crippen molar-refractivity contribution in [1.82, 2.24) is 10.2 Å². The molecule has 3 aromatic rings. The maximum absolute atomic E-state index is 13.3. The quantitative estimate of drug-likeness (QED) is 0.700. The van der Waals surface area contributed by atoms with E-state index in [1.807, 2.05) is 26.2 Å². The lowest BCUT2D eigenvalue weighted by atomic mass is 10.1. The Hall–Kier alpha value is -1.95. The fourth-order valence-corrected chi connectivity index (χ4v) is 4.03. The van der Waals surface area contributed by atoms with Gasteiger partial charge in [-0.15, -0.1) is 11.3 Å². The molecule has 1 aromatic heterocycles. The first-order valence-electron chi connectivity index (χ1n) is 7.82. The van der Waals surface area contributed by atoms with Gasteiger partial charge in [0.05, 0.1) is 5.02 Å². The number of hydrogen-bond acceptors (Lipinski definition) is 3. The van der Waals surface area contributed by atoms with Crippen molar-refractivity contribution in [2.24, 2.45) is 0 Å². The Kier molecular flexibility index (Phi) is 5.37. The van der Waals surface area contributed by atoms with Gasteiger partial charge in [-0.3, -0.25) is 4.79 Å². The Bertz CT molecular complexity index is 906. The topological polar surface area (TPSA) is 32.3 Å². The van der Waals surface area contributed by atoms with E-state index >= 15 is 0 Å². The molecule has 0 aliphatic heterocycles. The minimum Gasteiger partial charge on any atom is -0.347 e. The molecule has 1 N–H and O–H groups in total. The van der Waals surface area contributed by atoms with E-state index in [2.05, 4.69) is 22.3 Å². The number of fused-ring (bicyclic) bond motifs is 1. The van der Waals surface area contributed by atoms with Gasteiger partial charge in [0, 0.05) is 23.2 Å². The van der Waals surface area contributed by atoms with Crippen LogP contribution < -0.4 is 5.32 Å². The second-order valence-corrected chi connectivity index (χ2v) is 7.55. The van der Waals surface area contributed by atoms with E-state index < -0.39 is 0 Å².